The molecule has 0 fully saturated rings. The van der Waals surface area contributed by atoms with Crippen LogP contribution in [0.3, 0.4) is 0 Å². The maximum absolute atomic E-state index is 6.21. The number of halogens is 2. The lowest BCUT2D eigenvalue weighted by Gasteiger charge is -2.23. The number of benzene rings is 1. The van der Waals surface area contributed by atoms with Gasteiger partial charge in [-0.15, -0.1) is 0 Å². The number of nitrogens with one attached hydrogen (secondary N) is 1. The Labute approximate surface area is 127 Å². The summed E-state index contributed by atoms with van der Waals surface area (Å²) in [6, 6.07) is 5.31. The molecule has 1 aliphatic heterocycles. The number of rotatable bonds is 3. The van der Waals surface area contributed by atoms with Gasteiger partial charge in [0.05, 0.1) is 16.2 Å². The topological polar surface area (TPSA) is 69.2 Å². The van der Waals surface area contributed by atoms with E-state index in [0.29, 0.717) is 27.3 Å². The maximum atomic E-state index is 6.21. The molecule has 0 bridgehead atoms. The summed E-state index contributed by atoms with van der Waals surface area (Å²) in [5.74, 6) is 0.882. The molecule has 6 nitrogen and oxygen atoms in total. The monoisotopic (exact) mass is 312 g/mol. The van der Waals surface area contributed by atoms with E-state index < -0.39 is 0 Å². The van der Waals surface area contributed by atoms with Crippen LogP contribution < -0.4 is 11.2 Å². The van der Waals surface area contributed by atoms with Gasteiger partial charge in [0.2, 0.25) is 0 Å². The zero-order valence-electron chi connectivity index (χ0n) is 11.0. The van der Waals surface area contributed by atoms with Crippen molar-refractivity contribution in [1.82, 2.24) is 15.3 Å². The summed E-state index contributed by atoms with van der Waals surface area (Å²) in [6.07, 6.45) is 3.24. The molecule has 1 aliphatic rings. The van der Waals surface area contributed by atoms with Gasteiger partial charge in [-0.3, -0.25) is 5.43 Å². The largest absolute Gasteiger partial charge is 0.383 e. The van der Waals surface area contributed by atoms with E-state index in [1.807, 2.05) is 20.2 Å². The van der Waals surface area contributed by atoms with E-state index in [2.05, 4.69) is 15.6 Å². The number of hydrogen-bond donors (Lipinski definition) is 2. The summed E-state index contributed by atoms with van der Waals surface area (Å²) in [5, 5.41) is 10.8. The molecule has 0 saturated heterocycles. The lowest BCUT2D eigenvalue weighted by Crippen LogP contribution is -2.33. The minimum absolute atomic E-state index is 0.378. The van der Waals surface area contributed by atoms with Crippen molar-refractivity contribution in [2.24, 2.45) is 15.9 Å². The van der Waals surface area contributed by atoms with Crippen LogP contribution in [0.4, 0.5) is 0 Å². The fourth-order valence-electron chi connectivity index (χ4n) is 1.50. The van der Waals surface area contributed by atoms with Gasteiger partial charge in [0.1, 0.15) is 12.2 Å². The smallest absolute Gasteiger partial charge is 0.182 e. The van der Waals surface area contributed by atoms with Gasteiger partial charge >= 0.3 is 0 Å². The summed E-state index contributed by atoms with van der Waals surface area (Å²) in [6.45, 7) is 0. The SMILES string of the molecule is CN(C)/C=N/N1C=C(N)NN=C1c1cccc(Cl)c1Cl. The first-order valence-corrected chi connectivity index (χ1v) is 6.50. The van der Waals surface area contributed by atoms with Crippen LogP contribution in [0.2, 0.25) is 10.0 Å². The Bertz CT molecular complexity index is 594. The molecular formula is C12H14Cl2N6. The number of amidine groups is 1. The molecule has 20 heavy (non-hydrogen) atoms. The highest BCUT2D eigenvalue weighted by Crippen LogP contribution is 2.27. The van der Waals surface area contributed by atoms with Crippen molar-refractivity contribution in [1.29, 1.82) is 0 Å². The average Bonchev–Trinajstić information content (AvgIpc) is 2.40. The van der Waals surface area contributed by atoms with E-state index in [1.54, 1.807) is 29.6 Å². The third-order valence-electron chi connectivity index (χ3n) is 2.37. The van der Waals surface area contributed by atoms with E-state index in [9.17, 15) is 0 Å². The normalized spacial score (nSPS) is 14.9. The lowest BCUT2D eigenvalue weighted by atomic mass is 10.2. The minimum atomic E-state index is 0.378. The Morgan fingerprint density at radius 3 is 2.85 bits per heavy atom. The standard InChI is InChI=1S/C12H14Cl2N6/c1-19(2)7-16-20-6-10(15)17-18-12(20)8-4-3-5-9(13)11(8)14/h3-7,17H,15H2,1-2H3/b16-7+. The number of hydrazone groups is 2. The molecule has 0 aromatic heterocycles. The van der Waals surface area contributed by atoms with Crippen molar-refractivity contribution < 1.29 is 0 Å². The van der Waals surface area contributed by atoms with E-state index >= 15 is 0 Å². The molecule has 0 amide bonds. The average molecular weight is 313 g/mol. The molecule has 0 spiro atoms. The Kier molecular flexibility index (Phi) is 4.36. The Morgan fingerprint density at radius 1 is 1.40 bits per heavy atom. The van der Waals surface area contributed by atoms with Gasteiger partial charge in [-0.05, 0) is 12.1 Å². The molecule has 0 atom stereocenters. The second-order valence-corrected chi connectivity index (χ2v) is 5.06. The molecule has 0 unspecified atom stereocenters. The third kappa shape index (κ3) is 3.15. The lowest BCUT2D eigenvalue weighted by molar-refractivity contribution is 0.537. The number of nitrogens with two attached hydrogens (primary N) is 1. The molecule has 3 N–H and O–H groups in total. The molecule has 0 radical (unpaired) electrons. The van der Waals surface area contributed by atoms with Crippen molar-refractivity contribution in [2.75, 3.05) is 14.1 Å². The minimum Gasteiger partial charge on any atom is -0.383 e. The van der Waals surface area contributed by atoms with Crippen LogP contribution in [0.1, 0.15) is 5.56 Å². The first kappa shape index (κ1) is 14.5. The van der Waals surface area contributed by atoms with Crippen LogP contribution in [0.15, 0.2) is 40.4 Å². The molecule has 8 heteroatoms. The summed E-state index contributed by atoms with van der Waals surface area (Å²) in [4.78, 5) is 1.79. The Hall–Kier alpha value is -1.92. The molecule has 1 aromatic rings. The van der Waals surface area contributed by atoms with Crippen LogP contribution >= 0.6 is 23.2 Å². The molecular weight excluding hydrogens is 299 g/mol. The second-order valence-electron chi connectivity index (χ2n) is 4.27. The Morgan fingerprint density at radius 2 is 2.15 bits per heavy atom. The predicted molar refractivity (Wildman–Crippen MR) is 82.4 cm³/mol. The van der Waals surface area contributed by atoms with Gasteiger partial charge in [-0.2, -0.15) is 10.2 Å². The van der Waals surface area contributed by atoms with E-state index in [1.165, 1.54) is 5.01 Å². The van der Waals surface area contributed by atoms with Crippen LogP contribution in [-0.4, -0.2) is 36.2 Å². The summed E-state index contributed by atoms with van der Waals surface area (Å²) in [7, 11) is 3.73. The molecule has 106 valence electrons. The molecule has 2 rings (SSSR count). The number of hydrogen-bond acceptors (Lipinski definition) is 5. The fraction of sp³-hybridized carbons (Fsp3) is 0.167. The third-order valence-corrected chi connectivity index (χ3v) is 3.19. The van der Waals surface area contributed by atoms with Gasteiger partial charge < -0.3 is 10.6 Å². The summed E-state index contributed by atoms with van der Waals surface area (Å²) in [5.41, 5.74) is 9.04. The predicted octanol–water partition coefficient (Wildman–Crippen LogP) is 1.82. The fourth-order valence-corrected chi connectivity index (χ4v) is 1.88. The molecule has 0 saturated carbocycles. The Balaban J connectivity index is 2.40. The van der Waals surface area contributed by atoms with Gasteiger partial charge in [0.15, 0.2) is 5.84 Å². The zero-order valence-corrected chi connectivity index (χ0v) is 12.5. The quantitative estimate of drug-likeness (QED) is 0.660. The highest BCUT2D eigenvalue weighted by atomic mass is 35.5. The van der Waals surface area contributed by atoms with Crippen molar-refractivity contribution in [3.63, 3.8) is 0 Å². The van der Waals surface area contributed by atoms with Crippen LogP contribution in [0, 0.1) is 0 Å². The summed E-state index contributed by atoms with van der Waals surface area (Å²) < 4.78 is 0. The van der Waals surface area contributed by atoms with E-state index in [4.69, 9.17) is 28.9 Å². The van der Waals surface area contributed by atoms with Crippen LogP contribution in [0.5, 0.6) is 0 Å². The van der Waals surface area contributed by atoms with Gasteiger partial charge in [0, 0.05) is 19.7 Å². The van der Waals surface area contributed by atoms with Gasteiger partial charge in [0.25, 0.3) is 0 Å². The molecule has 0 aliphatic carbocycles. The van der Waals surface area contributed by atoms with Crippen LogP contribution in [-0.2, 0) is 0 Å². The highest BCUT2D eigenvalue weighted by Gasteiger charge is 2.19. The van der Waals surface area contributed by atoms with Crippen molar-refractivity contribution in [2.45, 2.75) is 0 Å². The van der Waals surface area contributed by atoms with E-state index in [-0.39, 0.29) is 0 Å². The number of nitrogens with zero attached hydrogens (tertiary/aromatic N) is 4. The molecule has 1 heterocycles. The van der Waals surface area contributed by atoms with Gasteiger partial charge in [-0.25, -0.2) is 5.01 Å². The first-order chi connectivity index (χ1) is 9.49. The highest BCUT2D eigenvalue weighted by molar-refractivity contribution is 6.44. The van der Waals surface area contributed by atoms with E-state index in [0.717, 1.165) is 0 Å². The summed E-state index contributed by atoms with van der Waals surface area (Å²) >= 11 is 12.2. The second kappa shape index (κ2) is 6.02. The first-order valence-electron chi connectivity index (χ1n) is 5.74. The van der Waals surface area contributed by atoms with Crippen molar-refractivity contribution in [3.8, 4) is 0 Å². The van der Waals surface area contributed by atoms with Crippen LogP contribution in [0.25, 0.3) is 0 Å². The zero-order chi connectivity index (χ0) is 14.7. The molecule has 1 aromatic carbocycles. The maximum Gasteiger partial charge on any atom is 0.182 e. The van der Waals surface area contributed by atoms with Crippen molar-refractivity contribution in [3.05, 3.63) is 45.8 Å². The van der Waals surface area contributed by atoms with Crippen molar-refractivity contribution >= 4 is 35.4 Å². The van der Waals surface area contributed by atoms with Gasteiger partial charge in [-0.1, -0.05) is 29.3 Å².